The van der Waals surface area contributed by atoms with Gasteiger partial charge < -0.3 is 19.9 Å². The Labute approximate surface area is 142 Å². The van der Waals surface area contributed by atoms with Crippen LogP contribution >= 0.6 is 0 Å². The topological polar surface area (TPSA) is 84.9 Å². The van der Waals surface area contributed by atoms with Crippen molar-refractivity contribution in [3.05, 3.63) is 23.8 Å². The lowest BCUT2D eigenvalue weighted by molar-refractivity contribution is -0.142. The van der Waals surface area contributed by atoms with Crippen molar-refractivity contribution in [3.63, 3.8) is 0 Å². The summed E-state index contributed by atoms with van der Waals surface area (Å²) in [6.07, 6.45) is 2.75. The molecule has 2 rings (SSSR count). The highest BCUT2D eigenvalue weighted by Gasteiger charge is 2.34. The average molecular weight is 335 g/mol. The number of amides is 1. The van der Waals surface area contributed by atoms with Gasteiger partial charge in [-0.15, -0.1) is 0 Å². The Bertz CT molecular complexity index is 601. The van der Waals surface area contributed by atoms with E-state index in [1.54, 1.807) is 14.2 Å². The molecule has 0 radical (unpaired) electrons. The summed E-state index contributed by atoms with van der Waals surface area (Å²) in [7, 11) is 3.15. The molecule has 3 atom stereocenters. The van der Waals surface area contributed by atoms with Crippen LogP contribution in [0.2, 0.25) is 0 Å². The maximum absolute atomic E-state index is 12.4. The molecule has 1 aliphatic carbocycles. The monoisotopic (exact) mass is 335 g/mol. The van der Waals surface area contributed by atoms with Gasteiger partial charge in [-0.25, -0.2) is 0 Å². The van der Waals surface area contributed by atoms with Crippen LogP contribution in [0.5, 0.6) is 11.5 Å². The van der Waals surface area contributed by atoms with E-state index in [1.165, 1.54) is 0 Å². The Morgan fingerprint density at radius 2 is 1.96 bits per heavy atom. The predicted molar refractivity (Wildman–Crippen MR) is 89.3 cm³/mol. The number of nitrogens with one attached hydrogen (secondary N) is 1. The smallest absolute Gasteiger partial charge is 0.308 e. The van der Waals surface area contributed by atoms with E-state index in [4.69, 9.17) is 9.47 Å². The Hall–Kier alpha value is -2.24. The molecule has 1 aliphatic rings. The molecule has 0 heterocycles. The van der Waals surface area contributed by atoms with E-state index in [-0.39, 0.29) is 17.9 Å². The number of carboxylic acid groups (broad SMARTS) is 1. The van der Waals surface area contributed by atoms with Gasteiger partial charge in [0, 0.05) is 12.0 Å². The Morgan fingerprint density at radius 1 is 1.25 bits per heavy atom. The van der Waals surface area contributed by atoms with Crippen LogP contribution in [-0.4, -0.2) is 37.2 Å². The number of benzene rings is 1. The summed E-state index contributed by atoms with van der Waals surface area (Å²) in [5.41, 5.74) is 0.969. The fourth-order valence-electron chi connectivity index (χ4n) is 3.21. The summed E-state index contributed by atoms with van der Waals surface area (Å²) in [5, 5.41) is 12.1. The zero-order chi connectivity index (χ0) is 17.7. The number of methoxy groups -OCH3 is 2. The van der Waals surface area contributed by atoms with Crippen molar-refractivity contribution in [2.24, 2.45) is 11.8 Å². The van der Waals surface area contributed by atoms with Crippen molar-refractivity contribution in [2.75, 3.05) is 14.2 Å². The van der Waals surface area contributed by atoms with Crippen LogP contribution in [0.3, 0.4) is 0 Å². The third-order valence-electron chi connectivity index (χ3n) is 4.60. The van der Waals surface area contributed by atoms with E-state index in [0.717, 1.165) is 18.4 Å². The molecular formula is C18H25NO5. The molecule has 0 spiro atoms. The second kappa shape index (κ2) is 8.04. The Balaban J connectivity index is 1.97. The third kappa shape index (κ3) is 4.19. The van der Waals surface area contributed by atoms with Gasteiger partial charge in [-0.3, -0.25) is 9.59 Å². The number of hydrogen-bond donors (Lipinski definition) is 2. The fourth-order valence-corrected chi connectivity index (χ4v) is 3.21. The standard InChI is InChI=1S/C18H25NO5/c1-11(9-12-7-8-15(23-2)16(10-12)24-3)17(20)19-14-6-4-5-13(14)18(21)22/h7-8,10-11,13-14H,4-6,9H2,1-3H3,(H,19,20)(H,21,22)/t11?,13-,14+/m0/s1. The second-order valence-electron chi connectivity index (χ2n) is 6.29. The molecule has 132 valence electrons. The minimum atomic E-state index is -0.828. The molecule has 0 bridgehead atoms. The molecule has 2 N–H and O–H groups in total. The van der Waals surface area contributed by atoms with Crippen LogP contribution < -0.4 is 14.8 Å². The van der Waals surface area contributed by atoms with Crippen LogP contribution in [0.15, 0.2) is 18.2 Å². The SMILES string of the molecule is COc1ccc(CC(C)C(=O)N[C@@H]2CCC[C@@H]2C(=O)O)cc1OC. The lowest BCUT2D eigenvalue weighted by Gasteiger charge is -2.20. The normalized spacial score (nSPS) is 21.1. The summed E-state index contributed by atoms with van der Waals surface area (Å²) in [6.45, 7) is 1.84. The van der Waals surface area contributed by atoms with Gasteiger partial charge >= 0.3 is 5.97 Å². The molecule has 1 saturated carbocycles. The highest BCUT2D eigenvalue weighted by atomic mass is 16.5. The summed E-state index contributed by atoms with van der Waals surface area (Å²) in [5.74, 6) is -0.383. The molecule has 1 aromatic rings. The van der Waals surface area contributed by atoms with E-state index in [2.05, 4.69) is 5.32 Å². The maximum Gasteiger partial charge on any atom is 0.308 e. The molecule has 1 fully saturated rings. The van der Waals surface area contributed by atoms with E-state index < -0.39 is 11.9 Å². The van der Waals surface area contributed by atoms with E-state index in [9.17, 15) is 14.7 Å². The van der Waals surface area contributed by atoms with E-state index in [1.807, 2.05) is 25.1 Å². The van der Waals surface area contributed by atoms with Crippen LogP contribution in [0.1, 0.15) is 31.7 Å². The number of hydrogen-bond acceptors (Lipinski definition) is 4. The molecule has 1 unspecified atom stereocenters. The third-order valence-corrected chi connectivity index (χ3v) is 4.60. The first-order chi connectivity index (χ1) is 11.5. The number of aliphatic carboxylic acids is 1. The molecule has 24 heavy (non-hydrogen) atoms. The highest BCUT2D eigenvalue weighted by Crippen LogP contribution is 2.29. The maximum atomic E-state index is 12.4. The minimum Gasteiger partial charge on any atom is -0.493 e. The second-order valence-corrected chi connectivity index (χ2v) is 6.29. The van der Waals surface area contributed by atoms with Gasteiger partial charge in [-0.1, -0.05) is 19.4 Å². The van der Waals surface area contributed by atoms with Crippen LogP contribution in [-0.2, 0) is 16.0 Å². The van der Waals surface area contributed by atoms with Crippen LogP contribution in [0.25, 0.3) is 0 Å². The first-order valence-corrected chi connectivity index (χ1v) is 8.20. The first kappa shape index (κ1) is 18.1. The Morgan fingerprint density at radius 3 is 2.58 bits per heavy atom. The molecule has 0 aromatic heterocycles. The molecule has 6 heteroatoms. The van der Waals surface area contributed by atoms with Crippen molar-refractivity contribution >= 4 is 11.9 Å². The largest absolute Gasteiger partial charge is 0.493 e. The quantitative estimate of drug-likeness (QED) is 0.798. The fraction of sp³-hybridized carbons (Fsp3) is 0.556. The van der Waals surface area contributed by atoms with Crippen molar-refractivity contribution in [2.45, 2.75) is 38.6 Å². The highest BCUT2D eigenvalue weighted by molar-refractivity contribution is 5.80. The molecule has 6 nitrogen and oxygen atoms in total. The summed E-state index contributed by atoms with van der Waals surface area (Å²) < 4.78 is 10.5. The van der Waals surface area contributed by atoms with E-state index >= 15 is 0 Å². The van der Waals surface area contributed by atoms with Crippen LogP contribution in [0.4, 0.5) is 0 Å². The molecule has 1 aromatic carbocycles. The zero-order valence-corrected chi connectivity index (χ0v) is 14.4. The van der Waals surface area contributed by atoms with Gasteiger partial charge in [-0.05, 0) is 37.0 Å². The van der Waals surface area contributed by atoms with Crippen molar-refractivity contribution in [3.8, 4) is 11.5 Å². The molecule has 0 aliphatic heterocycles. The molecule has 1 amide bonds. The number of ether oxygens (including phenoxy) is 2. The minimum absolute atomic E-state index is 0.108. The summed E-state index contributed by atoms with van der Waals surface area (Å²) in [4.78, 5) is 23.6. The first-order valence-electron chi connectivity index (χ1n) is 8.20. The lowest BCUT2D eigenvalue weighted by Crippen LogP contribution is -2.42. The summed E-state index contributed by atoms with van der Waals surface area (Å²) in [6, 6.07) is 5.32. The van der Waals surface area contributed by atoms with E-state index in [0.29, 0.717) is 24.3 Å². The number of carbonyl (C=O) groups excluding carboxylic acids is 1. The van der Waals surface area contributed by atoms with Crippen LogP contribution in [0, 0.1) is 11.8 Å². The van der Waals surface area contributed by atoms with Crippen molar-refractivity contribution in [1.29, 1.82) is 0 Å². The van der Waals surface area contributed by atoms with Gasteiger partial charge in [-0.2, -0.15) is 0 Å². The number of carbonyl (C=O) groups is 2. The van der Waals surface area contributed by atoms with Gasteiger partial charge in [0.15, 0.2) is 11.5 Å². The molecular weight excluding hydrogens is 310 g/mol. The van der Waals surface area contributed by atoms with Gasteiger partial charge in [0.2, 0.25) is 5.91 Å². The van der Waals surface area contributed by atoms with Crippen molar-refractivity contribution < 1.29 is 24.2 Å². The number of carboxylic acids is 1. The Kier molecular flexibility index (Phi) is 6.06. The predicted octanol–water partition coefficient (Wildman–Crippen LogP) is 2.25. The average Bonchev–Trinajstić information content (AvgIpc) is 3.02. The number of rotatable bonds is 7. The lowest BCUT2D eigenvalue weighted by atomic mass is 9.98. The molecule has 0 saturated heterocycles. The van der Waals surface area contributed by atoms with Gasteiger partial charge in [0.1, 0.15) is 0 Å². The van der Waals surface area contributed by atoms with Gasteiger partial charge in [0.05, 0.1) is 20.1 Å². The van der Waals surface area contributed by atoms with Crippen molar-refractivity contribution in [1.82, 2.24) is 5.32 Å². The zero-order valence-electron chi connectivity index (χ0n) is 14.4. The van der Waals surface area contributed by atoms with Gasteiger partial charge in [0.25, 0.3) is 0 Å². The summed E-state index contributed by atoms with van der Waals surface area (Å²) >= 11 is 0.